The van der Waals surface area contributed by atoms with E-state index in [-0.39, 0.29) is 19.4 Å². The molecule has 3 aromatic carbocycles. The maximum atomic E-state index is 13.5. The van der Waals surface area contributed by atoms with Gasteiger partial charge >= 0.3 is 12.1 Å². The van der Waals surface area contributed by atoms with E-state index in [1.807, 2.05) is 91.0 Å². The molecule has 0 radical (unpaired) electrons. The van der Waals surface area contributed by atoms with Crippen LogP contribution in [0.25, 0.3) is 0 Å². The van der Waals surface area contributed by atoms with Gasteiger partial charge < -0.3 is 14.3 Å². The van der Waals surface area contributed by atoms with Crippen LogP contribution in [0.4, 0.5) is 4.79 Å². The number of aldehydes is 1. The molecule has 168 valence electrons. The van der Waals surface area contributed by atoms with Crippen molar-refractivity contribution >= 4 is 18.3 Å². The van der Waals surface area contributed by atoms with Crippen molar-refractivity contribution in [2.45, 2.75) is 37.6 Å². The number of hydrogen-bond acceptors (Lipinski definition) is 5. The molecular weight excluding hydrogens is 418 g/mol. The molecule has 0 bridgehead atoms. The lowest BCUT2D eigenvalue weighted by Crippen LogP contribution is -2.54. The number of morpholine rings is 1. The van der Waals surface area contributed by atoms with Crippen molar-refractivity contribution in [3.05, 3.63) is 108 Å². The highest BCUT2D eigenvalue weighted by atomic mass is 16.6. The van der Waals surface area contributed by atoms with Crippen LogP contribution in [0.2, 0.25) is 0 Å². The summed E-state index contributed by atoms with van der Waals surface area (Å²) in [6, 6.07) is 26.6. The van der Waals surface area contributed by atoms with Crippen molar-refractivity contribution in [3.63, 3.8) is 0 Å². The van der Waals surface area contributed by atoms with Crippen LogP contribution in [0.15, 0.2) is 91.0 Å². The van der Waals surface area contributed by atoms with E-state index in [0.29, 0.717) is 0 Å². The van der Waals surface area contributed by atoms with E-state index in [4.69, 9.17) is 9.47 Å². The zero-order valence-corrected chi connectivity index (χ0v) is 18.1. The van der Waals surface area contributed by atoms with Crippen molar-refractivity contribution in [3.8, 4) is 0 Å². The number of cyclic esters (lactones) is 1. The topological polar surface area (TPSA) is 72.9 Å². The predicted molar refractivity (Wildman–Crippen MR) is 122 cm³/mol. The fourth-order valence-electron chi connectivity index (χ4n) is 4.12. The van der Waals surface area contributed by atoms with Gasteiger partial charge in [0.2, 0.25) is 0 Å². The van der Waals surface area contributed by atoms with Gasteiger partial charge in [0.05, 0.1) is 0 Å². The predicted octanol–water partition coefficient (Wildman–Crippen LogP) is 5.01. The molecule has 0 spiro atoms. The van der Waals surface area contributed by atoms with E-state index < -0.39 is 30.3 Å². The molecule has 0 N–H and O–H groups in total. The van der Waals surface area contributed by atoms with Crippen molar-refractivity contribution < 1.29 is 23.9 Å². The van der Waals surface area contributed by atoms with E-state index in [1.165, 1.54) is 4.90 Å². The van der Waals surface area contributed by atoms with Gasteiger partial charge in [-0.05, 0) is 23.1 Å². The van der Waals surface area contributed by atoms with Gasteiger partial charge in [-0.2, -0.15) is 0 Å². The number of hydrogen-bond donors (Lipinski definition) is 0. The zero-order chi connectivity index (χ0) is 23.0. The number of nitrogens with zero attached hydrogens (tertiary/aromatic N) is 1. The van der Waals surface area contributed by atoms with E-state index >= 15 is 0 Å². The van der Waals surface area contributed by atoms with E-state index in [2.05, 4.69) is 0 Å². The van der Waals surface area contributed by atoms with Gasteiger partial charge in [0, 0.05) is 6.42 Å². The summed E-state index contributed by atoms with van der Waals surface area (Å²) < 4.78 is 11.5. The van der Waals surface area contributed by atoms with Crippen LogP contribution in [0.1, 0.15) is 41.7 Å². The Bertz CT molecular complexity index is 1070. The molecule has 1 aliphatic heterocycles. The van der Waals surface area contributed by atoms with Gasteiger partial charge in [0.1, 0.15) is 25.0 Å². The Labute approximate surface area is 192 Å². The summed E-state index contributed by atoms with van der Waals surface area (Å²) in [5.74, 6) is -0.547. The third-order valence-electron chi connectivity index (χ3n) is 5.68. The van der Waals surface area contributed by atoms with Crippen molar-refractivity contribution in [2.75, 3.05) is 0 Å². The molecule has 0 aliphatic carbocycles. The highest BCUT2D eigenvalue weighted by molar-refractivity contribution is 5.83. The molecular formula is C27H25NO5. The number of esters is 1. The van der Waals surface area contributed by atoms with E-state index in [9.17, 15) is 14.4 Å². The van der Waals surface area contributed by atoms with Crippen LogP contribution in [-0.2, 0) is 25.7 Å². The SMILES string of the molecule is O=CCC[C@@H]1C(=O)O[C@@H](c2ccccc2)[C@@H](c2ccccc2)N1C(=O)OCc1ccccc1. The number of carbonyl (C=O) groups is 3. The first-order valence-electron chi connectivity index (χ1n) is 10.9. The first kappa shape index (κ1) is 22.3. The lowest BCUT2D eigenvalue weighted by atomic mass is 9.90. The van der Waals surface area contributed by atoms with Gasteiger partial charge in [-0.1, -0.05) is 91.0 Å². The van der Waals surface area contributed by atoms with Gasteiger partial charge in [0.25, 0.3) is 0 Å². The Balaban J connectivity index is 1.73. The molecule has 0 unspecified atom stereocenters. The highest BCUT2D eigenvalue weighted by Crippen LogP contribution is 2.43. The van der Waals surface area contributed by atoms with Gasteiger partial charge in [-0.15, -0.1) is 0 Å². The third-order valence-corrected chi connectivity index (χ3v) is 5.68. The molecule has 0 aromatic heterocycles. The minimum Gasteiger partial charge on any atom is -0.453 e. The normalized spacial score (nSPS) is 20.1. The summed E-state index contributed by atoms with van der Waals surface area (Å²) in [4.78, 5) is 39.1. The summed E-state index contributed by atoms with van der Waals surface area (Å²) in [5.41, 5.74) is 2.42. The summed E-state index contributed by atoms with van der Waals surface area (Å²) in [6.07, 6.45) is -0.311. The fraction of sp³-hybridized carbons (Fsp3) is 0.222. The molecule has 1 amide bonds. The maximum absolute atomic E-state index is 13.5. The molecule has 1 fully saturated rings. The average Bonchev–Trinajstić information content (AvgIpc) is 2.87. The van der Waals surface area contributed by atoms with Crippen LogP contribution in [0.5, 0.6) is 0 Å². The molecule has 3 atom stereocenters. The van der Waals surface area contributed by atoms with Crippen LogP contribution in [-0.4, -0.2) is 29.3 Å². The standard InChI is InChI=1S/C27H25NO5/c29-18-10-17-23-26(30)33-25(22-15-8-3-9-16-22)24(21-13-6-2-7-14-21)28(23)27(31)32-19-20-11-4-1-5-12-20/h1-9,11-16,18,23-25H,10,17,19H2/t23-,24-,25+/m1/s1. The van der Waals surface area contributed by atoms with E-state index in [0.717, 1.165) is 23.0 Å². The molecule has 6 nitrogen and oxygen atoms in total. The minimum atomic E-state index is -0.927. The molecule has 6 heteroatoms. The zero-order valence-electron chi connectivity index (χ0n) is 18.1. The number of ether oxygens (including phenoxy) is 2. The molecule has 3 aromatic rings. The average molecular weight is 443 g/mol. The lowest BCUT2D eigenvalue weighted by Gasteiger charge is -2.44. The summed E-state index contributed by atoms with van der Waals surface area (Å²) in [6.45, 7) is 0.0726. The van der Waals surface area contributed by atoms with Gasteiger partial charge in [-0.3, -0.25) is 4.90 Å². The van der Waals surface area contributed by atoms with Crippen molar-refractivity contribution in [2.24, 2.45) is 0 Å². The molecule has 4 rings (SSSR count). The molecule has 1 heterocycles. The van der Waals surface area contributed by atoms with Crippen LogP contribution in [0.3, 0.4) is 0 Å². The number of amides is 1. The lowest BCUT2D eigenvalue weighted by molar-refractivity contribution is -0.173. The second-order valence-electron chi connectivity index (χ2n) is 7.83. The first-order chi connectivity index (χ1) is 16.2. The minimum absolute atomic E-state index is 0.0726. The summed E-state index contributed by atoms with van der Waals surface area (Å²) in [5, 5.41) is 0. The number of rotatable bonds is 7. The van der Waals surface area contributed by atoms with Gasteiger partial charge in [0.15, 0.2) is 6.10 Å². The fourth-order valence-corrected chi connectivity index (χ4v) is 4.12. The van der Waals surface area contributed by atoms with Crippen LogP contribution < -0.4 is 0 Å². The second kappa shape index (κ2) is 10.6. The summed E-state index contributed by atoms with van der Waals surface area (Å²) >= 11 is 0. The smallest absolute Gasteiger partial charge is 0.411 e. The number of benzene rings is 3. The van der Waals surface area contributed by atoms with Crippen LogP contribution >= 0.6 is 0 Å². The van der Waals surface area contributed by atoms with Crippen LogP contribution in [0, 0.1) is 0 Å². The Hall–Kier alpha value is -3.93. The number of carbonyl (C=O) groups excluding carboxylic acids is 3. The molecule has 33 heavy (non-hydrogen) atoms. The monoisotopic (exact) mass is 443 g/mol. The highest BCUT2D eigenvalue weighted by Gasteiger charge is 2.48. The largest absolute Gasteiger partial charge is 0.453 e. The van der Waals surface area contributed by atoms with E-state index in [1.54, 1.807) is 0 Å². The quantitative estimate of drug-likeness (QED) is 0.379. The van der Waals surface area contributed by atoms with Crippen molar-refractivity contribution in [1.29, 1.82) is 0 Å². The molecule has 0 saturated carbocycles. The summed E-state index contributed by atoms with van der Waals surface area (Å²) in [7, 11) is 0. The maximum Gasteiger partial charge on any atom is 0.411 e. The second-order valence-corrected chi connectivity index (χ2v) is 7.83. The Kier molecular flexibility index (Phi) is 7.15. The molecule has 1 aliphatic rings. The Morgan fingerprint density at radius 2 is 1.45 bits per heavy atom. The third kappa shape index (κ3) is 5.12. The van der Waals surface area contributed by atoms with Gasteiger partial charge in [-0.25, -0.2) is 9.59 Å². The molecule has 1 saturated heterocycles. The first-order valence-corrected chi connectivity index (χ1v) is 10.9. The van der Waals surface area contributed by atoms with Crippen molar-refractivity contribution in [1.82, 2.24) is 4.90 Å². The Morgan fingerprint density at radius 3 is 2.06 bits per heavy atom. The Morgan fingerprint density at radius 1 is 0.879 bits per heavy atom.